The van der Waals surface area contributed by atoms with Crippen molar-refractivity contribution in [2.45, 2.75) is 54.7 Å². The fraction of sp³-hybridized carbons (Fsp3) is 0.500. The Morgan fingerprint density at radius 3 is 2.50 bits per heavy atom. The number of nitrogens with zero attached hydrogens (tertiary/aromatic N) is 1. The maximum Gasteiger partial charge on any atom is 0.427 e. The molecule has 0 saturated carbocycles. The number of carbonyl (C=O) groups excluding carboxylic acids is 1. The highest BCUT2D eigenvalue weighted by Crippen LogP contribution is 2.37. The lowest BCUT2D eigenvalue weighted by atomic mass is 9.88. The molecule has 1 unspecified atom stereocenters. The smallest absolute Gasteiger partial charge is 0.427 e. The van der Waals surface area contributed by atoms with Crippen LogP contribution < -0.4 is 9.46 Å². The molecule has 0 bridgehead atoms. The first-order chi connectivity index (χ1) is 18.9. The van der Waals surface area contributed by atoms with Gasteiger partial charge in [-0.2, -0.15) is 13.2 Å². The molecular formula is C26H30F4N2O7S. The van der Waals surface area contributed by atoms with Gasteiger partial charge in [0.2, 0.25) is 16.1 Å². The molecule has 1 spiro atoms. The zero-order valence-electron chi connectivity index (χ0n) is 21.7. The van der Waals surface area contributed by atoms with Crippen molar-refractivity contribution in [3.05, 3.63) is 59.9 Å². The number of ether oxygens (including phenoxy) is 4. The quantitative estimate of drug-likeness (QED) is 0.440. The molecule has 220 valence electrons. The van der Waals surface area contributed by atoms with Crippen molar-refractivity contribution in [2.24, 2.45) is 0 Å². The first-order valence-corrected chi connectivity index (χ1v) is 14.0. The second kappa shape index (κ2) is 12.3. The van der Waals surface area contributed by atoms with Crippen molar-refractivity contribution in [3.63, 3.8) is 0 Å². The van der Waals surface area contributed by atoms with Crippen LogP contribution in [0.25, 0.3) is 0 Å². The van der Waals surface area contributed by atoms with Crippen LogP contribution in [-0.4, -0.2) is 76.7 Å². The SMILES string of the molecule is COc1ccc(COC[C@@H](OC(=O)N2CCC3(CC2)CC(NS(=O)(=O)c2cccc(F)c2)CO3)C(F)(F)F)cc1. The molecule has 2 heterocycles. The van der Waals surface area contributed by atoms with Crippen molar-refractivity contribution >= 4 is 16.1 Å². The van der Waals surface area contributed by atoms with Gasteiger partial charge in [0.1, 0.15) is 11.6 Å². The van der Waals surface area contributed by atoms with Crippen LogP contribution in [0.15, 0.2) is 53.4 Å². The van der Waals surface area contributed by atoms with E-state index in [1.807, 2.05) is 0 Å². The van der Waals surface area contributed by atoms with Gasteiger partial charge in [-0.05, 0) is 55.2 Å². The number of nitrogens with one attached hydrogen (secondary N) is 1. The molecule has 40 heavy (non-hydrogen) atoms. The van der Waals surface area contributed by atoms with Crippen LogP contribution in [0.2, 0.25) is 0 Å². The van der Waals surface area contributed by atoms with E-state index in [2.05, 4.69) is 4.72 Å². The first kappa shape index (κ1) is 30.0. The third-order valence-corrected chi connectivity index (χ3v) is 8.39. The fourth-order valence-corrected chi connectivity index (χ4v) is 5.94. The molecule has 2 aliphatic rings. The molecule has 0 aromatic heterocycles. The lowest BCUT2D eigenvalue weighted by Crippen LogP contribution is -2.49. The van der Waals surface area contributed by atoms with Gasteiger partial charge in [-0.25, -0.2) is 22.3 Å². The Kier molecular flexibility index (Phi) is 9.22. The Balaban J connectivity index is 1.26. The van der Waals surface area contributed by atoms with E-state index in [4.69, 9.17) is 18.9 Å². The van der Waals surface area contributed by atoms with E-state index in [9.17, 15) is 30.8 Å². The standard InChI is InChI=1S/C26H30F4N2O7S/c1-36-21-7-5-18(6-8-21)15-37-17-23(26(28,29)30)39-24(33)32-11-9-25(10-12-32)14-20(16-38-25)31-40(34,35)22-4-2-3-19(27)13-22/h2-8,13,20,23,31H,9-12,14-17H2,1H3/t20?,23-/m1/s1. The molecule has 2 aromatic carbocycles. The summed E-state index contributed by atoms with van der Waals surface area (Å²) in [5.74, 6) is -0.0873. The van der Waals surface area contributed by atoms with Crippen molar-refractivity contribution in [2.75, 3.05) is 33.4 Å². The molecule has 0 radical (unpaired) electrons. The first-order valence-electron chi connectivity index (χ1n) is 12.5. The van der Waals surface area contributed by atoms with Crippen LogP contribution in [0.1, 0.15) is 24.8 Å². The third kappa shape index (κ3) is 7.62. The highest BCUT2D eigenvalue weighted by atomic mass is 32.2. The number of hydrogen-bond acceptors (Lipinski definition) is 7. The normalized spacial score (nSPS) is 19.9. The minimum absolute atomic E-state index is 0.0689. The molecule has 1 N–H and O–H groups in total. The van der Waals surface area contributed by atoms with E-state index in [1.165, 1.54) is 24.1 Å². The number of amides is 1. The highest BCUT2D eigenvalue weighted by molar-refractivity contribution is 7.89. The van der Waals surface area contributed by atoms with E-state index < -0.39 is 52.5 Å². The van der Waals surface area contributed by atoms with E-state index in [0.717, 1.165) is 12.1 Å². The van der Waals surface area contributed by atoms with Crippen LogP contribution in [0.4, 0.5) is 22.4 Å². The van der Waals surface area contributed by atoms with Crippen LogP contribution in [0, 0.1) is 5.82 Å². The molecule has 2 atom stereocenters. The Labute approximate surface area is 229 Å². The summed E-state index contributed by atoms with van der Waals surface area (Å²) in [5, 5.41) is 0. The number of halogens is 4. The number of alkyl halides is 3. The highest BCUT2D eigenvalue weighted by Gasteiger charge is 2.47. The molecular weight excluding hydrogens is 560 g/mol. The summed E-state index contributed by atoms with van der Waals surface area (Å²) in [4.78, 5) is 13.5. The van der Waals surface area contributed by atoms with Gasteiger partial charge in [0.25, 0.3) is 0 Å². The number of piperidine rings is 1. The van der Waals surface area contributed by atoms with E-state index in [1.54, 1.807) is 24.3 Å². The average molecular weight is 591 g/mol. The zero-order chi connectivity index (χ0) is 29.0. The van der Waals surface area contributed by atoms with Crippen LogP contribution >= 0.6 is 0 Å². The van der Waals surface area contributed by atoms with E-state index in [0.29, 0.717) is 17.7 Å². The third-order valence-electron chi connectivity index (χ3n) is 6.88. The number of likely N-dealkylation sites (tertiary alicyclic amines) is 1. The number of carbonyl (C=O) groups is 1. The maximum absolute atomic E-state index is 13.5. The minimum Gasteiger partial charge on any atom is -0.497 e. The molecule has 2 fully saturated rings. The number of sulfonamides is 1. The molecule has 14 heteroatoms. The average Bonchev–Trinajstić information content (AvgIpc) is 3.29. The van der Waals surface area contributed by atoms with Gasteiger partial charge in [-0.3, -0.25) is 0 Å². The van der Waals surface area contributed by atoms with Gasteiger partial charge in [0, 0.05) is 19.1 Å². The van der Waals surface area contributed by atoms with Gasteiger partial charge >= 0.3 is 12.3 Å². The van der Waals surface area contributed by atoms with Crippen LogP contribution in [-0.2, 0) is 30.8 Å². The van der Waals surface area contributed by atoms with Crippen molar-refractivity contribution in [1.29, 1.82) is 0 Å². The van der Waals surface area contributed by atoms with Crippen LogP contribution in [0.5, 0.6) is 5.75 Å². The van der Waals surface area contributed by atoms with Gasteiger partial charge in [0.15, 0.2) is 0 Å². The molecule has 1 amide bonds. The van der Waals surface area contributed by atoms with Gasteiger partial charge < -0.3 is 23.8 Å². The number of benzene rings is 2. The number of rotatable bonds is 9. The summed E-state index contributed by atoms with van der Waals surface area (Å²) in [5.41, 5.74) is -0.112. The van der Waals surface area contributed by atoms with Crippen LogP contribution in [0.3, 0.4) is 0 Å². The van der Waals surface area contributed by atoms with Gasteiger partial charge in [0.05, 0.1) is 37.4 Å². The maximum atomic E-state index is 13.5. The topological polar surface area (TPSA) is 103 Å². The summed E-state index contributed by atoms with van der Waals surface area (Å²) in [6, 6.07) is 10.6. The Morgan fingerprint density at radius 2 is 1.88 bits per heavy atom. The predicted octanol–water partition coefficient (Wildman–Crippen LogP) is 4.02. The Morgan fingerprint density at radius 1 is 1.18 bits per heavy atom. The zero-order valence-corrected chi connectivity index (χ0v) is 22.5. The summed E-state index contributed by atoms with van der Waals surface area (Å²) >= 11 is 0. The van der Waals surface area contributed by atoms with E-state index >= 15 is 0 Å². The van der Waals surface area contributed by atoms with Gasteiger partial charge in [-0.1, -0.05) is 18.2 Å². The van der Waals surface area contributed by atoms with Crippen molar-refractivity contribution in [1.82, 2.24) is 9.62 Å². The number of hydrogen-bond donors (Lipinski definition) is 1. The summed E-state index contributed by atoms with van der Waals surface area (Å²) < 4.78 is 103. The van der Waals surface area contributed by atoms with Gasteiger partial charge in [-0.15, -0.1) is 0 Å². The largest absolute Gasteiger partial charge is 0.497 e. The molecule has 0 aliphatic carbocycles. The second-order valence-electron chi connectivity index (χ2n) is 9.74. The fourth-order valence-electron chi connectivity index (χ4n) is 4.68. The second-order valence-corrected chi connectivity index (χ2v) is 11.5. The lowest BCUT2D eigenvalue weighted by Gasteiger charge is -2.38. The Hall–Kier alpha value is -2.94. The van der Waals surface area contributed by atoms with Crippen molar-refractivity contribution < 1.29 is 49.7 Å². The Bertz CT molecular complexity index is 1270. The molecule has 2 aliphatic heterocycles. The molecule has 4 rings (SSSR count). The summed E-state index contributed by atoms with van der Waals surface area (Å²) in [6.45, 7) is -0.767. The molecule has 2 saturated heterocycles. The molecule has 2 aromatic rings. The lowest BCUT2D eigenvalue weighted by molar-refractivity contribution is -0.220. The monoisotopic (exact) mass is 590 g/mol. The number of methoxy groups -OCH3 is 1. The minimum atomic E-state index is -4.83. The summed E-state index contributed by atoms with van der Waals surface area (Å²) in [6.07, 6.45) is -7.53. The molecule has 9 nitrogen and oxygen atoms in total. The predicted molar refractivity (Wildman–Crippen MR) is 134 cm³/mol. The van der Waals surface area contributed by atoms with E-state index in [-0.39, 0.29) is 44.0 Å². The van der Waals surface area contributed by atoms with Crippen molar-refractivity contribution in [3.8, 4) is 5.75 Å². The summed E-state index contributed by atoms with van der Waals surface area (Å²) in [7, 11) is -2.49.